The van der Waals surface area contributed by atoms with Crippen molar-refractivity contribution in [2.75, 3.05) is 27.2 Å². The van der Waals surface area contributed by atoms with E-state index in [1.807, 2.05) is 71.9 Å². The SMILES string of the molecule is CC1=CC(C)=NC(=O)C1N(C)C(=O)c1cc(-c2cccc(OCC(CN(C)C(=O)OC(C)(C)C)O[Si](C)(C)C(C)(C)C)c2)nc2c1cnn2C(C)C. The fourth-order valence-corrected chi connectivity index (χ4v) is 7.07. The Morgan fingerprint density at radius 2 is 1.71 bits per heavy atom. The van der Waals surface area contributed by atoms with E-state index in [0.29, 0.717) is 33.8 Å². The van der Waals surface area contributed by atoms with Crippen molar-refractivity contribution in [3.63, 3.8) is 0 Å². The van der Waals surface area contributed by atoms with Crippen LogP contribution in [0.1, 0.15) is 85.6 Å². The van der Waals surface area contributed by atoms with Crippen molar-refractivity contribution in [3.8, 4) is 17.0 Å². The molecule has 3 heterocycles. The molecule has 0 aliphatic carbocycles. The summed E-state index contributed by atoms with van der Waals surface area (Å²) in [5.74, 6) is -0.146. The molecule has 1 aliphatic heterocycles. The lowest BCUT2D eigenvalue weighted by Gasteiger charge is -2.40. The molecule has 0 saturated heterocycles. The van der Waals surface area contributed by atoms with E-state index in [0.717, 1.165) is 11.1 Å². The van der Waals surface area contributed by atoms with Crippen molar-refractivity contribution in [1.29, 1.82) is 0 Å². The zero-order valence-electron chi connectivity index (χ0n) is 33.3. The van der Waals surface area contributed by atoms with Crippen molar-refractivity contribution in [2.45, 2.75) is 111 Å². The van der Waals surface area contributed by atoms with E-state index in [2.05, 4.69) is 44.0 Å². The van der Waals surface area contributed by atoms with Crippen molar-refractivity contribution >= 4 is 43.0 Å². The summed E-state index contributed by atoms with van der Waals surface area (Å²) in [7, 11) is 1.07. The first kappa shape index (κ1) is 40.4. The smallest absolute Gasteiger partial charge is 0.410 e. The Kier molecular flexibility index (Phi) is 11.9. The Balaban J connectivity index is 1.67. The third-order valence-electron chi connectivity index (χ3n) is 9.40. The van der Waals surface area contributed by atoms with Crippen LogP contribution >= 0.6 is 0 Å². The van der Waals surface area contributed by atoms with Gasteiger partial charge in [-0.2, -0.15) is 5.10 Å². The monoisotopic (exact) mass is 732 g/mol. The van der Waals surface area contributed by atoms with Crippen LogP contribution in [-0.2, 0) is 14.0 Å². The maximum absolute atomic E-state index is 14.2. The molecule has 0 fully saturated rings. The van der Waals surface area contributed by atoms with Crippen molar-refractivity contribution in [2.24, 2.45) is 4.99 Å². The Morgan fingerprint density at radius 1 is 1.04 bits per heavy atom. The van der Waals surface area contributed by atoms with Crippen molar-refractivity contribution < 1.29 is 28.3 Å². The van der Waals surface area contributed by atoms with Gasteiger partial charge in [0.05, 0.1) is 35.5 Å². The average Bonchev–Trinajstić information content (AvgIpc) is 3.45. The summed E-state index contributed by atoms with van der Waals surface area (Å²) >= 11 is 0. The molecule has 1 aromatic carbocycles. The van der Waals surface area contributed by atoms with Gasteiger partial charge in [-0.15, -0.1) is 0 Å². The summed E-state index contributed by atoms with van der Waals surface area (Å²) < 4.78 is 20.5. The average molecular weight is 733 g/mol. The molecule has 52 heavy (non-hydrogen) atoms. The van der Waals surface area contributed by atoms with E-state index in [-0.39, 0.29) is 36.0 Å². The maximum Gasteiger partial charge on any atom is 0.410 e. The molecule has 4 rings (SSSR count). The number of likely N-dealkylation sites (N-methyl/N-ethyl adjacent to an activating group) is 2. The van der Waals surface area contributed by atoms with E-state index in [1.54, 1.807) is 38.0 Å². The predicted octanol–water partition coefficient (Wildman–Crippen LogP) is 7.70. The third-order valence-corrected chi connectivity index (χ3v) is 13.9. The zero-order chi connectivity index (χ0) is 38.9. The van der Waals surface area contributed by atoms with Gasteiger partial charge in [-0.25, -0.2) is 19.5 Å². The van der Waals surface area contributed by atoms with E-state index in [9.17, 15) is 14.4 Å². The number of hydrogen-bond donors (Lipinski definition) is 0. The Morgan fingerprint density at radius 3 is 2.31 bits per heavy atom. The minimum Gasteiger partial charge on any atom is -0.491 e. The first-order valence-electron chi connectivity index (χ1n) is 17.8. The molecule has 0 N–H and O–H groups in total. The van der Waals surface area contributed by atoms with Crippen LogP contribution in [-0.4, -0.2) is 101 Å². The fourth-order valence-electron chi connectivity index (χ4n) is 5.74. The molecule has 0 bridgehead atoms. The van der Waals surface area contributed by atoms with Crippen LogP contribution in [0.25, 0.3) is 22.3 Å². The number of rotatable bonds is 11. The Hall–Kier alpha value is -4.36. The minimum absolute atomic E-state index is 0.0188. The Labute approximate surface area is 309 Å². The maximum atomic E-state index is 14.2. The molecule has 12 nitrogen and oxygen atoms in total. The van der Waals surface area contributed by atoms with Crippen LogP contribution in [0.15, 0.2) is 53.2 Å². The molecule has 282 valence electrons. The van der Waals surface area contributed by atoms with Gasteiger partial charge in [-0.05, 0) is 96.4 Å². The highest BCUT2D eigenvalue weighted by atomic mass is 28.4. The number of nitrogens with zero attached hydrogens (tertiary/aromatic N) is 6. The second-order valence-corrected chi connectivity index (χ2v) is 21.2. The number of allylic oxidation sites excluding steroid dienone is 1. The predicted molar refractivity (Wildman–Crippen MR) is 208 cm³/mol. The number of dihydropyridines is 1. The lowest BCUT2D eigenvalue weighted by Crippen LogP contribution is -2.49. The van der Waals surface area contributed by atoms with Crippen molar-refractivity contribution in [1.82, 2.24) is 24.6 Å². The molecule has 2 atom stereocenters. The van der Waals surface area contributed by atoms with E-state index < -0.39 is 32.2 Å². The molecular weight excluding hydrogens is 677 g/mol. The summed E-state index contributed by atoms with van der Waals surface area (Å²) in [4.78, 5) is 52.1. The largest absolute Gasteiger partial charge is 0.491 e. The molecule has 1 aliphatic rings. The van der Waals surface area contributed by atoms with Crippen LogP contribution in [0, 0.1) is 0 Å². The highest BCUT2D eigenvalue weighted by molar-refractivity contribution is 6.74. The molecule has 0 radical (unpaired) electrons. The lowest BCUT2D eigenvalue weighted by molar-refractivity contribution is -0.120. The van der Waals surface area contributed by atoms with Gasteiger partial charge >= 0.3 is 6.09 Å². The fraction of sp³-hybridized carbons (Fsp3) is 0.538. The van der Waals surface area contributed by atoms with Gasteiger partial charge in [0.25, 0.3) is 11.8 Å². The Bertz CT molecular complexity index is 1880. The molecular formula is C39H56N6O6Si. The quantitative estimate of drug-likeness (QED) is 0.184. The number of carbonyl (C=O) groups is 3. The van der Waals surface area contributed by atoms with Gasteiger partial charge in [0.15, 0.2) is 14.0 Å². The second kappa shape index (κ2) is 15.3. The first-order valence-corrected chi connectivity index (χ1v) is 20.7. The van der Waals surface area contributed by atoms with Gasteiger partial charge in [0.1, 0.15) is 24.0 Å². The second-order valence-electron chi connectivity index (χ2n) is 16.5. The third kappa shape index (κ3) is 9.35. The molecule has 13 heteroatoms. The summed E-state index contributed by atoms with van der Waals surface area (Å²) in [6.07, 6.45) is 2.61. The van der Waals surface area contributed by atoms with Crippen LogP contribution in [0.4, 0.5) is 4.79 Å². The molecule has 2 aromatic heterocycles. The van der Waals surface area contributed by atoms with Gasteiger partial charge in [-0.3, -0.25) is 9.59 Å². The lowest BCUT2D eigenvalue weighted by atomic mass is 10.0. The summed E-state index contributed by atoms with van der Waals surface area (Å²) in [6, 6.07) is 8.42. The molecule has 0 spiro atoms. The number of aliphatic imine (C=N–C) groups is 1. The van der Waals surface area contributed by atoms with E-state index in [4.69, 9.17) is 18.9 Å². The molecule has 3 aromatic rings. The van der Waals surface area contributed by atoms with Gasteiger partial charge in [-0.1, -0.05) is 32.9 Å². The topological polar surface area (TPSA) is 128 Å². The number of pyridine rings is 1. The standard InChI is InChI=1S/C39H56N6O6Si/c1-24(2)45-34-31(21-40-45)30(36(47)44(12)33-25(3)18-26(4)41-35(33)46)20-32(42-34)27-16-15-17-28(19-27)49-23-29(51-52(13,14)39(8,9)10)22-43(11)37(48)50-38(5,6)7/h15-21,24,29,33H,22-23H2,1-14H3. The summed E-state index contributed by atoms with van der Waals surface area (Å²) in [5.41, 5.74) is 2.94. The normalized spacial score (nSPS) is 16.1. The first-order chi connectivity index (χ1) is 24.0. The number of hydrogen-bond acceptors (Lipinski definition) is 8. The minimum atomic E-state index is -2.25. The van der Waals surface area contributed by atoms with Gasteiger partial charge in [0.2, 0.25) is 0 Å². The van der Waals surface area contributed by atoms with Crippen LogP contribution < -0.4 is 4.74 Å². The number of carbonyl (C=O) groups excluding carboxylic acids is 3. The molecule has 0 saturated carbocycles. The number of amides is 3. The zero-order valence-corrected chi connectivity index (χ0v) is 34.3. The van der Waals surface area contributed by atoms with Crippen molar-refractivity contribution in [3.05, 3.63) is 53.7 Å². The summed E-state index contributed by atoms with van der Waals surface area (Å²) in [6.45, 7) is 24.4. The molecule has 2 unspecified atom stereocenters. The molecule has 3 amide bonds. The van der Waals surface area contributed by atoms with Gasteiger partial charge < -0.3 is 23.7 Å². The van der Waals surface area contributed by atoms with Gasteiger partial charge in [0, 0.05) is 31.4 Å². The van der Waals surface area contributed by atoms with Crippen LogP contribution in [0.2, 0.25) is 18.1 Å². The van der Waals surface area contributed by atoms with E-state index in [1.165, 1.54) is 9.80 Å². The van der Waals surface area contributed by atoms with Crippen LogP contribution in [0.5, 0.6) is 5.75 Å². The number of fused-ring (bicyclic) bond motifs is 1. The summed E-state index contributed by atoms with van der Waals surface area (Å²) in [5, 5.41) is 5.09. The number of ether oxygens (including phenoxy) is 2. The number of aromatic nitrogens is 3. The van der Waals surface area contributed by atoms with E-state index >= 15 is 0 Å². The van der Waals surface area contributed by atoms with Crippen LogP contribution in [0.3, 0.4) is 0 Å². The number of benzene rings is 1. The highest BCUT2D eigenvalue weighted by Gasteiger charge is 2.40. The highest BCUT2D eigenvalue weighted by Crippen LogP contribution is 2.38.